The lowest BCUT2D eigenvalue weighted by molar-refractivity contribution is -0.384. The molecule has 146 valence electrons. The number of rotatable bonds is 9. The highest BCUT2D eigenvalue weighted by Gasteiger charge is 2.13. The summed E-state index contributed by atoms with van der Waals surface area (Å²) >= 11 is 0. The number of amides is 2. The van der Waals surface area contributed by atoms with E-state index in [0.717, 1.165) is 12.8 Å². The van der Waals surface area contributed by atoms with Crippen LogP contribution in [0, 0.1) is 10.1 Å². The van der Waals surface area contributed by atoms with Crippen LogP contribution in [0.25, 0.3) is 6.08 Å². The summed E-state index contributed by atoms with van der Waals surface area (Å²) in [5.41, 5.74) is 5.69. The molecule has 2 aromatic rings. The molecule has 0 radical (unpaired) electrons. The SMILES string of the molecule is CCCCOc1ccc(C(=O)NC(=Cc2cccc([N+](=O)[O-])c2)C(N)=O)cc1. The monoisotopic (exact) mass is 383 g/mol. The lowest BCUT2D eigenvalue weighted by Gasteiger charge is -2.09. The van der Waals surface area contributed by atoms with Crippen LogP contribution in [0.5, 0.6) is 5.75 Å². The number of nitrogens with two attached hydrogens (primary N) is 1. The average Bonchev–Trinajstić information content (AvgIpc) is 2.68. The topological polar surface area (TPSA) is 125 Å². The van der Waals surface area contributed by atoms with Gasteiger partial charge in [0.1, 0.15) is 11.4 Å². The number of hydrogen-bond donors (Lipinski definition) is 2. The van der Waals surface area contributed by atoms with Gasteiger partial charge in [-0.15, -0.1) is 0 Å². The number of nitro groups is 1. The third-order valence-electron chi connectivity index (χ3n) is 3.79. The minimum Gasteiger partial charge on any atom is -0.494 e. The molecule has 0 saturated carbocycles. The molecule has 0 atom stereocenters. The van der Waals surface area contributed by atoms with Gasteiger partial charge in [-0.25, -0.2) is 0 Å². The number of nitrogens with one attached hydrogen (secondary N) is 1. The first kappa shape index (κ1) is 20.6. The summed E-state index contributed by atoms with van der Waals surface area (Å²) in [6, 6.07) is 12.1. The van der Waals surface area contributed by atoms with Crippen molar-refractivity contribution < 1.29 is 19.2 Å². The van der Waals surface area contributed by atoms with Gasteiger partial charge in [-0.2, -0.15) is 0 Å². The Morgan fingerprint density at radius 1 is 1.21 bits per heavy atom. The highest BCUT2D eigenvalue weighted by Crippen LogP contribution is 2.16. The first-order valence-electron chi connectivity index (χ1n) is 8.71. The van der Waals surface area contributed by atoms with E-state index in [1.54, 1.807) is 30.3 Å². The van der Waals surface area contributed by atoms with E-state index in [2.05, 4.69) is 12.2 Å². The molecule has 0 fully saturated rings. The molecule has 0 heterocycles. The van der Waals surface area contributed by atoms with Crippen LogP contribution in [0.3, 0.4) is 0 Å². The second-order valence-corrected chi connectivity index (χ2v) is 5.95. The summed E-state index contributed by atoms with van der Waals surface area (Å²) in [6.07, 6.45) is 3.25. The van der Waals surface area contributed by atoms with Crippen LogP contribution in [-0.4, -0.2) is 23.3 Å². The standard InChI is InChI=1S/C20H21N3O5/c1-2-3-11-28-17-9-7-15(8-10-17)20(25)22-18(19(21)24)13-14-5-4-6-16(12-14)23(26)27/h4-10,12-13H,2-3,11H2,1H3,(H2,21,24)(H,22,25). The summed E-state index contributed by atoms with van der Waals surface area (Å²) in [5.74, 6) is -0.748. The summed E-state index contributed by atoms with van der Waals surface area (Å²) in [7, 11) is 0. The van der Waals surface area contributed by atoms with Gasteiger partial charge < -0.3 is 15.8 Å². The molecule has 0 spiro atoms. The van der Waals surface area contributed by atoms with Crippen molar-refractivity contribution in [3.05, 3.63) is 75.5 Å². The van der Waals surface area contributed by atoms with Gasteiger partial charge in [0.2, 0.25) is 0 Å². The van der Waals surface area contributed by atoms with E-state index >= 15 is 0 Å². The number of benzene rings is 2. The predicted molar refractivity (Wildman–Crippen MR) is 105 cm³/mol. The Balaban J connectivity index is 2.13. The number of nitrogens with zero attached hydrogens (tertiary/aromatic N) is 1. The molecule has 3 N–H and O–H groups in total. The van der Waals surface area contributed by atoms with Gasteiger partial charge in [0.05, 0.1) is 11.5 Å². The first-order chi connectivity index (χ1) is 13.4. The third kappa shape index (κ3) is 5.94. The highest BCUT2D eigenvalue weighted by molar-refractivity contribution is 6.04. The van der Waals surface area contributed by atoms with E-state index in [1.165, 1.54) is 24.3 Å². The summed E-state index contributed by atoms with van der Waals surface area (Å²) in [4.78, 5) is 34.4. The number of hydrogen-bond acceptors (Lipinski definition) is 5. The molecule has 0 aliphatic carbocycles. The number of primary amides is 1. The maximum atomic E-state index is 12.4. The Morgan fingerprint density at radius 2 is 1.93 bits per heavy atom. The second kappa shape index (κ2) is 9.86. The normalized spacial score (nSPS) is 11.0. The van der Waals surface area contributed by atoms with Crippen LogP contribution >= 0.6 is 0 Å². The molecule has 0 saturated heterocycles. The quantitative estimate of drug-likeness (QED) is 0.298. The van der Waals surface area contributed by atoms with E-state index in [9.17, 15) is 19.7 Å². The van der Waals surface area contributed by atoms with E-state index in [1.807, 2.05) is 0 Å². The number of unbranched alkanes of at least 4 members (excludes halogenated alkanes) is 1. The van der Waals surface area contributed by atoms with Crippen molar-refractivity contribution in [3.8, 4) is 5.75 Å². The molecule has 0 unspecified atom stereocenters. The van der Waals surface area contributed by atoms with Crippen LogP contribution in [0.4, 0.5) is 5.69 Å². The lowest BCUT2D eigenvalue weighted by Crippen LogP contribution is -2.31. The van der Waals surface area contributed by atoms with Crippen molar-refractivity contribution >= 4 is 23.6 Å². The molecule has 2 aromatic carbocycles. The van der Waals surface area contributed by atoms with Gasteiger partial charge >= 0.3 is 0 Å². The zero-order chi connectivity index (χ0) is 20.5. The minimum atomic E-state index is -0.862. The molecule has 0 bridgehead atoms. The smallest absolute Gasteiger partial charge is 0.270 e. The Labute approximate surface area is 162 Å². The minimum absolute atomic E-state index is 0.137. The van der Waals surface area contributed by atoms with Crippen LogP contribution < -0.4 is 15.8 Å². The Hall–Kier alpha value is -3.68. The van der Waals surface area contributed by atoms with Crippen molar-refractivity contribution in [2.75, 3.05) is 6.61 Å². The molecule has 0 aromatic heterocycles. The van der Waals surface area contributed by atoms with Crippen LogP contribution in [-0.2, 0) is 4.79 Å². The maximum absolute atomic E-state index is 12.4. The molecule has 8 nitrogen and oxygen atoms in total. The molecular weight excluding hydrogens is 362 g/mol. The molecule has 28 heavy (non-hydrogen) atoms. The van der Waals surface area contributed by atoms with E-state index in [0.29, 0.717) is 23.5 Å². The van der Waals surface area contributed by atoms with Crippen LogP contribution in [0.15, 0.2) is 54.2 Å². The fourth-order valence-electron chi connectivity index (χ4n) is 2.29. The van der Waals surface area contributed by atoms with Crippen molar-refractivity contribution in [1.82, 2.24) is 5.32 Å². The molecule has 8 heteroatoms. The van der Waals surface area contributed by atoms with Gasteiger partial charge in [0.15, 0.2) is 0 Å². The Morgan fingerprint density at radius 3 is 2.54 bits per heavy atom. The molecule has 0 aliphatic heterocycles. The fourth-order valence-corrected chi connectivity index (χ4v) is 2.29. The van der Waals surface area contributed by atoms with E-state index in [4.69, 9.17) is 10.5 Å². The van der Waals surface area contributed by atoms with Crippen LogP contribution in [0.2, 0.25) is 0 Å². The van der Waals surface area contributed by atoms with Gasteiger partial charge in [-0.1, -0.05) is 25.5 Å². The lowest BCUT2D eigenvalue weighted by atomic mass is 10.1. The Bertz CT molecular complexity index is 891. The number of nitro benzene ring substituents is 1. The maximum Gasteiger partial charge on any atom is 0.270 e. The van der Waals surface area contributed by atoms with Crippen molar-refractivity contribution in [2.45, 2.75) is 19.8 Å². The summed E-state index contributed by atoms with van der Waals surface area (Å²) in [6.45, 7) is 2.66. The molecule has 2 rings (SSSR count). The predicted octanol–water partition coefficient (Wildman–Crippen LogP) is 3.03. The number of carbonyl (C=O) groups excluding carboxylic acids is 2. The largest absolute Gasteiger partial charge is 0.494 e. The van der Waals surface area contributed by atoms with Crippen molar-refractivity contribution in [3.63, 3.8) is 0 Å². The number of non-ortho nitro benzene ring substituents is 1. The van der Waals surface area contributed by atoms with Crippen LogP contribution in [0.1, 0.15) is 35.7 Å². The molecule has 0 aliphatic rings. The van der Waals surface area contributed by atoms with E-state index < -0.39 is 16.7 Å². The van der Waals surface area contributed by atoms with Gasteiger partial charge in [0, 0.05) is 17.7 Å². The molecular formula is C20H21N3O5. The van der Waals surface area contributed by atoms with Gasteiger partial charge in [-0.05, 0) is 42.3 Å². The fraction of sp³-hybridized carbons (Fsp3) is 0.200. The zero-order valence-corrected chi connectivity index (χ0v) is 15.4. The Kier molecular flexibility index (Phi) is 7.27. The highest BCUT2D eigenvalue weighted by atomic mass is 16.6. The third-order valence-corrected chi connectivity index (χ3v) is 3.79. The van der Waals surface area contributed by atoms with Crippen molar-refractivity contribution in [1.29, 1.82) is 0 Å². The average molecular weight is 383 g/mol. The number of carbonyl (C=O) groups is 2. The van der Waals surface area contributed by atoms with Crippen molar-refractivity contribution in [2.24, 2.45) is 5.73 Å². The zero-order valence-electron chi connectivity index (χ0n) is 15.4. The summed E-state index contributed by atoms with van der Waals surface area (Å²) < 4.78 is 5.54. The first-order valence-corrected chi connectivity index (χ1v) is 8.71. The molecule has 2 amide bonds. The van der Waals surface area contributed by atoms with E-state index in [-0.39, 0.29) is 11.4 Å². The second-order valence-electron chi connectivity index (χ2n) is 5.95. The number of ether oxygens (including phenoxy) is 1. The van der Waals surface area contributed by atoms with Gasteiger partial charge in [-0.3, -0.25) is 19.7 Å². The summed E-state index contributed by atoms with van der Waals surface area (Å²) in [5, 5.41) is 13.3. The van der Waals surface area contributed by atoms with Gasteiger partial charge in [0.25, 0.3) is 17.5 Å².